The van der Waals surface area contributed by atoms with Crippen LogP contribution in [-0.2, 0) is 14.8 Å². The molecular formula is C14H22N2O3S2. The first-order chi connectivity index (χ1) is 9.91. The summed E-state index contributed by atoms with van der Waals surface area (Å²) < 4.78 is 33.2. The van der Waals surface area contributed by atoms with Crippen LogP contribution in [0, 0.1) is 12.3 Å². The average Bonchev–Trinajstić information content (AvgIpc) is 2.78. The van der Waals surface area contributed by atoms with Crippen molar-refractivity contribution in [1.29, 1.82) is 0 Å². The lowest BCUT2D eigenvalue weighted by molar-refractivity contribution is -0.187. The molecule has 2 atom stereocenters. The molecule has 2 fully saturated rings. The highest BCUT2D eigenvalue weighted by molar-refractivity contribution is 7.91. The third-order valence-electron chi connectivity index (χ3n) is 5.07. The van der Waals surface area contributed by atoms with Gasteiger partial charge in [-0.1, -0.05) is 6.42 Å². The van der Waals surface area contributed by atoms with E-state index in [1.165, 1.54) is 24.0 Å². The standard InChI is InChI=1S/C14H22N2O3S2/c1-4-19-12-8-11(14(12)6-5-7-14)16(3)21(17,18)13-9-15-10(2)20-13/h9,11-12H,4-8H2,1-3H3/t11-,12-/m1/s1. The zero-order chi connectivity index (χ0) is 15.3. The third-order valence-corrected chi connectivity index (χ3v) is 8.28. The Morgan fingerprint density at radius 3 is 2.71 bits per heavy atom. The van der Waals surface area contributed by atoms with Crippen LogP contribution >= 0.6 is 11.3 Å². The fraction of sp³-hybridized carbons (Fsp3) is 0.786. The Hall–Kier alpha value is -0.500. The largest absolute Gasteiger partial charge is 0.378 e. The van der Waals surface area contributed by atoms with Crippen LogP contribution in [0.5, 0.6) is 0 Å². The van der Waals surface area contributed by atoms with Crippen LogP contribution in [-0.4, -0.2) is 43.5 Å². The van der Waals surface area contributed by atoms with Gasteiger partial charge in [-0.2, -0.15) is 4.31 Å². The number of hydrogen-bond donors (Lipinski definition) is 0. The summed E-state index contributed by atoms with van der Waals surface area (Å²) in [5.74, 6) is 0. The maximum absolute atomic E-state index is 12.7. The van der Waals surface area contributed by atoms with Gasteiger partial charge in [-0.3, -0.25) is 0 Å². The molecular weight excluding hydrogens is 308 g/mol. The summed E-state index contributed by atoms with van der Waals surface area (Å²) >= 11 is 1.24. The second-order valence-corrected chi connectivity index (χ2v) is 9.46. The minimum absolute atomic E-state index is 0.0531. The van der Waals surface area contributed by atoms with Crippen LogP contribution in [0.3, 0.4) is 0 Å². The molecule has 21 heavy (non-hydrogen) atoms. The van der Waals surface area contributed by atoms with Crippen LogP contribution in [0.25, 0.3) is 0 Å². The van der Waals surface area contributed by atoms with Gasteiger partial charge < -0.3 is 4.74 Å². The predicted octanol–water partition coefficient (Wildman–Crippen LogP) is 2.42. The molecule has 3 rings (SSSR count). The van der Waals surface area contributed by atoms with Crippen LogP contribution in [0.15, 0.2) is 10.4 Å². The molecule has 1 spiro atoms. The number of rotatable bonds is 5. The molecule has 0 aliphatic heterocycles. The smallest absolute Gasteiger partial charge is 0.254 e. The van der Waals surface area contributed by atoms with E-state index in [-0.39, 0.29) is 17.6 Å². The van der Waals surface area contributed by atoms with Crippen molar-refractivity contribution in [2.24, 2.45) is 5.41 Å². The molecule has 2 aliphatic carbocycles. The van der Waals surface area contributed by atoms with Gasteiger partial charge >= 0.3 is 0 Å². The van der Waals surface area contributed by atoms with E-state index in [1.807, 2.05) is 13.8 Å². The van der Waals surface area contributed by atoms with E-state index < -0.39 is 10.0 Å². The van der Waals surface area contributed by atoms with E-state index in [1.54, 1.807) is 11.4 Å². The molecule has 2 aliphatic rings. The topological polar surface area (TPSA) is 59.5 Å². The summed E-state index contributed by atoms with van der Waals surface area (Å²) in [5, 5.41) is 0.779. The van der Waals surface area contributed by atoms with Gasteiger partial charge in [0, 0.05) is 25.1 Å². The first-order valence-electron chi connectivity index (χ1n) is 7.44. The SMILES string of the molecule is CCO[C@@H]1C[C@@H](N(C)S(=O)(=O)c2cnc(C)s2)C12CCC2. The van der Waals surface area contributed by atoms with E-state index >= 15 is 0 Å². The molecule has 0 saturated heterocycles. The molecule has 1 aromatic heterocycles. The molecule has 0 radical (unpaired) electrons. The molecule has 7 heteroatoms. The van der Waals surface area contributed by atoms with Crippen LogP contribution < -0.4 is 0 Å². The van der Waals surface area contributed by atoms with E-state index in [0.29, 0.717) is 10.8 Å². The number of aryl methyl sites for hydroxylation is 1. The number of hydrogen-bond acceptors (Lipinski definition) is 5. The number of aromatic nitrogens is 1. The lowest BCUT2D eigenvalue weighted by Crippen LogP contribution is -2.67. The molecule has 5 nitrogen and oxygen atoms in total. The van der Waals surface area contributed by atoms with Crippen molar-refractivity contribution >= 4 is 21.4 Å². The van der Waals surface area contributed by atoms with Gasteiger partial charge in [0.15, 0.2) is 4.21 Å². The van der Waals surface area contributed by atoms with E-state index in [0.717, 1.165) is 24.3 Å². The van der Waals surface area contributed by atoms with Crippen molar-refractivity contribution in [3.05, 3.63) is 11.2 Å². The zero-order valence-corrected chi connectivity index (χ0v) is 14.3. The molecule has 1 aromatic rings. The summed E-state index contributed by atoms with van der Waals surface area (Å²) in [6.07, 6.45) is 5.82. The number of ether oxygens (including phenoxy) is 1. The van der Waals surface area contributed by atoms with Crippen molar-refractivity contribution in [3.63, 3.8) is 0 Å². The minimum Gasteiger partial charge on any atom is -0.378 e. The highest BCUT2D eigenvalue weighted by Crippen LogP contribution is 2.59. The third kappa shape index (κ3) is 2.25. The van der Waals surface area contributed by atoms with Crippen LogP contribution in [0.4, 0.5) is 0 Å². The van der Waals surface area contributed by atoms with Gasteiger partial charge in [0.25, 0.3) is 10.0 Å². The molecule has 118 valence electrons. The van der Waals surface area contributed by atoms with Gasteiger partial charge in [-0.05, 0) is 33.1 Å². The van der Waals surface area contributed by atoms with E-state index in [9.17, 15) is 8.42 Å². The molecule has 1 heterocycles. The normalized spacial score (nSPS) is 27.6. The fourth-order valence-electron chi connectivity index (χ4n) is 3.68. The number of nitrogens with zero attached hydrogens (tertiary/aromatic N) is 2. The van der Waals surface area contributed by atoms with Crippen LogP contribution in [0.2, 0.25) is 0 Å². The average molecular weight is 330 g/mol. The Labute approximate surface area is 130 Å². The maximum Gasteiger partial charge on any atom is 0.254 e. The number of sulfonamides is 1. The molecule has 0 bridgehead atoms. The Bertz CT molecular complexity index is 622. The second-order valence-electron chi connectivity index (χ2n) is 6.00. The monoisotopic (exact) mass is 330 g/mol. The Kier molecular flexibility index (Phi) is 3.88. The highest BCUT2D eigenvalue weighted by atomic mass is 32.2. The zero-order valence-electron chi connectivity index (χ0n) is 12.7. The van der Waals surface area contributed by atoms with E-state index in [2.05, 4.69) is 4.98 Å². The van der Waals surface area contributed by atoms with Gasteiger partial charge in [-0.25, -0.2) is 13.4 Å². The Morgan fingerprint density at radius 2 is 2.24 bits per heavy atom. The Morgan fingerprint density at radius 1 is 1.52 bits per heavy atom. The molecule has 0 unspecified atom stereocenters. The number of thiazole rings is 1. The first kappa shape index (κ1) is 15.4. The second kappa shape index (κ2) is 5.30. The van der Waals surface area contributed by atoms with Crippen LogP contribution in [0.1, 0.15) is 37.6 Å². The first-order valence-corrected chi connectivity index (χ1v) is 9.69. The summed E-state index contributed by atoms with van der Waals surface area (Å²) in [5.41, 5.74) is 0.0531. The summed E-state index contributed by atoms with van der Waals surface area (Å²) in [6.45, 7) is 4.52. The van der Waals surface area contributed by atoms with Gasteiger partial charge in [0.1, 0.15) is 0 Å². The summed E-state index contributed by atoms with van der Waals surface area (Å²) in [6, 6.07) is 0.0650. The summed E-state index contributed by atoms with van der Waals surface area (Å²) in [7, 11) is -1.72. The van der Waals surface area contributed by atoms with Gasteiger partial charge in [0.2, 0.25) is 0 Å². The molecule has 0 amide bonds. The maximum atomic E-state index is 12.7. The molecule has 2 saturated carbocycles. The fourth-order valence-corrected chi connectivity index (χ4v) is 6.42. The lowest BCUT2D eigenvalue weighted by atomic mass is 9.51. The van der Waals surface area contributed by atoms with Gasteiger partial charge in [-0.15, -0.1) is 11.3 Å². The highest BCUT2D eigenvalue weighted by Gasteiger charge is 2.61. The van der Waals surface area contributed by atoms with Crippen molar-refractivity contribution in [1.82, 2.24) is 9.29 Å². The Balaban J connectivity index is 1.81. The van der Waals surface area contributed by atoms with Gasteiger partial charge in [0.05, 0.1) is 17.3 Å². The molecule has 0 N–H and O–H groups in total. The van der Waals surface area contributed by atoms with Crippen molar-refractivity contribution in [2.45, 2.75) is 55.9 Å². The van der Waals surface area contributed by atoms with Crippen molar-refractivity contribution in [2.75, 3.05) is 13.7 Å². The minimum atomic E-state index is -3.43. The van der Waals surface area contributed by atoms with Crippen molar-refractivity contribution in [3.8, 4) is 0 Å². The summed E-state index contributed by atoms with van der Waals surface area (Å²) in [4.78, 5) is 4.07. The quantitative estimate of drug-likeness (QED) is 0.832. The van der Waals surface area contributed by atoms with Crippen molar-refractivity contribution < 1.29 is 13.2 Å². The molecule has 0 aromatic carbocycles. The lowest BCUT2D eigenvalue weighted by Gasteiger charge is -2.62. The predicted molar refractivity (Wildman–Crippen MR) is 81.9 cm³/mol. The van der Waals surface area contributed by atoms with E-state index in [4.69, 9.17) is 4.74 Å².